The molecule has 1 heterocycles. The Labute approximate surface area is 124 Å². The molecule has 1 aromatic heterocycles. The summed E-state index contributed by atoms with van der Waals surface area (Å²) in [4.78, 5) is 28.7. The van der Waals surface area contributed by atoms with Crippen molar-refractivity contribution in [1.29, 1.82) is 0 Å². The molecule has 7 heteroatoms. The number of nitrogens with zero attached hydrogens (tertiary/aromatic N) is 1. The highest BCUT2D eigenvalue weighted by Gasteiger charge is 2.05. The molecule has 1 aromatic carbocycles. The normalized spacial score (nSPS) is 10.2. The molecule has 5 nitrogen and oxygen atoms in total. The third-order valence-corrected chi connectivity index (χ3v) is 3.76. The largest absolute Gasteiger partial charge is 0.351 e. The van der Waals surface area contributed by atoms with E-state index in [4.69, 9.17) is 11.6 Å². The van der Waals surface area contributed by atoms with E-state index in [9.17, 15) is 9.59 Å². The fourth-order valence-corrected chi connectivity index (χ4v) is 2.37. The van der Waals surface area contributed by atoms with E-state index >= 15 is 0 Å². The van der Waals surface area contributed by atoms with E-state index in [-0.39, 0.29) is 11.7 Å². The van der Waals surface area contributed by atoms with Crippen LogP contribution in [-0.4, -0.2) is 21.6 Å². The summed E-state index contributed by atoms with van der Waals surface area (Å²) in [5, 5.41) is 4.01. The van der Waals surface area contributed by atoms with Gasteiger partial charge in [-0.3, -0.25) is 4.79 Å². The number of aromatic nitrogens is 2. The monoisotopic (exact) mass is 309 g/mol. The second-order valence-corrected chi connectivity index (χ2v) is 5.32. The summed E-state index contributed by atoms with van der Waals surface area (Å²) in [6, 6.07) is 8.98. The average molecular weight is 310 g/mol. The van der Waals surface area contributed by atoms with Gasteiger partial charge in [0.25, 0.3) is 0 Å². The summed E-state index contributed by atoms with van der Waals surface area (Å²) in [5.41, 5.74) is 0.441. The van der Waals surface area contributed by atoms with Crippen molar-refractivity contribution < 1.29 is 4.79 Å². The summed E-state index contributed by atoms with van der Waals surface area (Å²) in [6.45, 7) is 0.381. The molecule has 0 aliphatic rings. The highest BCUT2D eigenvalue weighted by Crippen LogP contribution is 2.15. The van der Waals surface area contributed by atoms with Gasteiger partial charge in [-0.25, -0.2) is 9.78 Å². The number of carbonyl (C=O) groups is 1. The van der Waals surface area contributed by atoms with E-state index in [1.807, 2.05) is 18.2 Å². The lowest BCUT2D eigenvalue weighted by Crippen LogP contribution is -2.24. The molecule has 20 heavy (non-hydrogen) atoms. The van der Waals surface area contributed by atoms with Crippen molar-refractivity contribution in [2.45, 2.75) is 11.6 Å². The lowest BCUT2D eigenvalue weighted by atomic mass is 10.2. The number of hydrogen-bond acceptors (Lipinski definition) is 4. The van der Waals surface area contributed by atoms with Gasteiger partial charge in [-0.2, -0.15) is 0 Å². The van der Waals surface area contributed by atoms with Crippen LogP contribution in [0.3, 0.4) is 0 Å². The molecule has 0 saturated carbocycles. The van der Waals surface area contributed by atoms with Crippen LogP contribution >= 0.6 is 23.4 Å². The van der Waals surface area contributed by atoms with E-state index in [0.717, 1.165) is 5.56 Å². The molecule has 2 aromatic rings. The molecule has 1 amide bonds. The molecule has 104 valence electrons. The minimum absolute atomic E-state index is 0.132. The van der Waals surface area contributed by atoms with Crippen LogP contribution < -0.4 is 11.0 Å². The zero-order valence-electron chi connectivity index (χ0n) is 10.4. The van der Waals surface area contributed by atoms with Crippen molar-refractivity contribution in [3.05, 3.63) is 57.6 Å². The van der Waals surface area contributed by atoms with Gasteiger partial charge in [0.1, 0.15) is 0 Å². The Morgan fingerprint density at radius 1 is 1.35 bits per heavy atom. The first-order valence-electron chi connectivity index (χ1n) is 5.83. The van der Waals surface area contributed by atoms with Crippen LogP contribution in [0, 0.1) is 0 Å². The van der Waals surface area contributed by atoms with Crippen LogP contribution in [0.25, 0.3) is 0 Å². The molecule has 0 aliphatic carbocycles. The number of carbonyl (C=O) groups excluding carboxylic acids is 1. The molecular weight excluding hydrogens is 298 g/mol. The molecule has 0 fully saturated rings. The van der Waals surface area contributed by atoms with Crippen molar-refractivity contribution in [2.24, 2.45) is 0 Å². The summed E-state index contributed by atoms with van der Waals surface area (Å²) in [7, 11) is 0. The fraction of sp³-hybridized carbons (Fsp3) is 0.154. The topological polar surface area (TPSA) is 74.8 Å². The molecule has 0 atom stereocenters. The molecular formula is C13H12ClN3O2S. The van der Waals surface area contributed by atoms with Crippen LogP contribution in [-0.2, 0) is 11.3 Å². The van der Waals surface area contributed by atoms with E-state index in [0.29, 0.717) is 16.6 Å². The minimum Gasteiger partial charge on any atom is -0.351 e. The molecule has 2 N–H and O–H groups in total. The zero-order valence-corrected chi connectivity index (χ0v) is 12.0. The Hall–Kier alpha value is -1.79. The lowest BCUT2D eigenvalue weighted by molar-refractivity contribution is -0.118. The van der Waals surface area contributed by atoms with Crippen LogP contribution in [0.4, 0.5) is 0 Å². The average Bonchev–Trinajstić information content (AvgIpc) is 2.44. The van der Waals surface area contributed by atoms with Crippen LogP contribution in [0.2, 0.25) is 5.02 Å². The third kappa shape index (κ3) is 4.40. The van der Waals surface area contributed by atoms with Crippen molar-refractivity contribution >= 4 is 29.3 Å². The molecule has 0 unspecified atom stereocenters. The van der Waals surface area contributed by atoms with Crippen molar-refractivity contribution in [1.82, 2.24) is 15.3 Å². The highest BCUT2D eigenvalue weighted by atomic mass is 35.5. The van der Waals surface area contributed by atoms with Gasteiger partial charge >= 0.3 is 5.69 Å². The van der Waals surface area contributed by atoms with E-state index < -0.39 is 5.69 Å². The summed E-state index contributed by atoms with van der Waals surface area (Å²) in [5.74, 6) is 0.0808. The molecule has 0 radical (unpaired) electrons. The summed E-state index contributed by atoms with van der Waals surface area (Å²) in [6.07, 6.45) is 1.41. The van der Waals surface area contributed by atoms with Crippen molar-refractivity contribution in [3.8, 4) is 0 Å². The van der Waals surface area contributed by atoms with Gasteiger partial charge < -0.3 is 10.3 Å². The molecule has 0 saturated heterocycles. The van der Waals surface area contributed by atoms with Crippen LogP contribution in [0.5, 0.6) is 0 Å². The summed E-state index contributed by atoms with van der Waals surface area (Å²) < 4.78 is 0. The maximum Gasteiger partial charge on any atom is 0.345 e. The number of amides is 1. The quantitative estimate of drug-likeness (QED) is 0.653. The Balaban J connectivity index is 1.82. The summed E-state index contributed by atoms with van der Waals surface area (Å²) >= 11 is 7.24. The number of benzene rings is 1. The first-order chi connectivity index (χ1) is 9.65. The van der Waals surface area contributed by atoms with E-state index in [2.05, 4.69) is 15.3 Å². The molecule has 0 aliphatic heterocycles. The fourth-order valence-electron chi connectivity index (χ4n) is 1.47. The van der Waals surface area contributed by atoms with Crippen LogP contribution in [0.15, 0.2) is 46.3 Å². The third-order valence-electron chi connectivity index (χ3n) is 2.44. The predicted molar refractivity (Wildman–Crippen MR) is 78.9 cm³/mol. The van der Waals surface area contributed by atoms with Gasteiger partial charge in [-0.1, -0.05) is 41.6 Å². The second kappa shape index (κ2) is 7.12. The SMILES string of the molecule is O=C(CSc1ccnc(=O)[nH]1)NCc1ccccc1Cl. The number of hydrogen-bond donors (Lipinski definition) is 2. The lowest BCUT2D eigenvalue weighted by Gasteiger charge is -2.06. The van der Waals surface area contributed by atoms with Gasteiger partial charge in [0.15, 0.2) is 0 Å². The van der Waals surface area contributed by atoms with E-state index in [1.54, 1.807) is 12.1 Å². The number of rotatable bonds is 5. The highest BCUT2D eigenvalue weighted by molar-refractivity contribution is 7.99. The predicted octanol–water partition coefficient (Wildman–Crippen LogP) is 1.83. The maximum atomic E-state index is 11.7. The van der Waals surface area contributed by atoms with Gasteiger partial charge in [-0.05, 0) is 17.7 Å². The Bertz CT molecular complexity index is 660. The van der Waals surface area contributed by atoms with E-state index in [1.165, 1.54) is 18.0 Å². The van der Waals surface area contributed by atoms with Crippen LogP contribution in [0.1, 0.15) is 5.56 Å². The first kappa shape index (κ1) is 14.6. The van der Waals surface area contributed by atoms with Gasteiger partial charge in [0.05, 0.1) is 10.8 Å². The van der Waals surface area contributed by atoms with Gasteiger partial charge in [-0.15, -0.1) is 0 Å². The smallest absolute Gasteiger partial charge is 0.345 e. The number of nitrogens with one attached hydrogen (secondary N) is 2. The maximum absolute atomic E-state index is 11.7. The minimum atomic E-state index is -0.425. The zero-order chi connectivity index (χ0) is 14.4. The molecule has 0 bridgehead atoms. The Morgan fingerprint density at radius 2 is 2.15 bits per heavy atom. The number of aromatic amines is 1. The van der Waals surface area contributed by atoms with Crippen molar-refractivity contribution in [2.75, 3.05) is 5.75 Å². The van der Waals surface area contributed by atoms with Gasteiger partial charge in [0.2, 0.25) is 5.91 Å². The molecule has 0 spiro atoms. The number of H-pyrrole nitrogens is 1. The number of halogens is 1. The Kier molecular flexibility index (Phi) is 5.20. The Morgan fingerprint density at radius 3 is 2.90 bits per heavy atom. The van der Waals surface area contributed by atoms with Crippen molar-refractivity contribution in [3.63, 3.8) is 0 Å². The molecule has 2 rings (SSSR count). The first-order valence-corrected chi connectivity index (χ1v) is 7.20. The number of thioether (sulfide) groups is 1. The second-order valence-electron chi connectivity index (χ2n) is 3.90. The van der Waals surface area contributed by atoms with Gasteiger partial charge in [0, 0.05) is 17.8 Å². The standard InChI is InChI=1S/C13H12ClN3O2S/c14-10-4-2-1-3-9(10)7-16-11(18)8-20-12-5-6-15-13(19)17-12/h1-6H,7-8H2,(H,16,18)(H,15,17,19).